The summed E-state index contributed by atoms with van der Waals surface area (Å²) < 4.78 is 12.0. The van der Waals surface area contributed by atoms with Crippen molar-refractivity contribution < 1.29 is 9.47 Å². The molecule has 2 aromatic carbocycles. The van der Waals surface area contributed by atoms with Gasteiger partial charge in [-0.05, 0) is 18.6 Å². The van der Waals surface area contributed by atoms with Gasteiger partial charge in [0.25, 0.3) is 0 Å². The van der Waals surface area contributed by atoms with Crippen molar-refractivity contribution in [3.05, 3.63) is 65.7 Å². The second kappa shape index (κ2) is 4.83. The Hall–Kier alpha value is -1.80. The van der Waals surface area contributed by atoms with Crippen molar-refractivity contribution in [1.82, 2.24) is 0 Å². The monoisotopic (exact) mass is 240 g/mol. The van der Waals surface area contributed by atoms with Crippen molar-refractivity contribution in [1.29, 1.82) is 0 Å². The van der Waals surface area contributed by atoms with Gasteiger partial charge < -0.3 is 9.47 Å². The number of fused-ring (bicyclic) bond motifs is 1. The average molecular weight is 240 g/mol. The van der Waals surface area contributed by atoms with Gasteiger partial charge >= 0.3 is 0 Å². The Kier molecular flexibility index (Phi) is 3.03. The topological polar surface area (TPSA) is 18.5 Å². The molecule has 2 atom stereocenters. The van der Waals surface area contributed by atoms with Crippen molar-refractivity contribution in [2.75, 3.05) is 6.61 Å². The molecule has 2 aromatic rings. The van der Waals surface area contributed by atoms with Crippen LogP contribution >= 0.6 is 0 Å². The molecule has 2 unspecified atom stereocenters. The fourth-order valence-corrected chi connectivity index (χ4v) is 2.26. The summed E-state index contributed by atoms with van der Waals surface area (Å²) in [6.07, 6.45) is 0.0483. The van der Waals surface area contributed by atoms with E-state index >= 15 is 0 Å². The Morgan fingerprint density at radius 3 is 2.50 bits per heavy atom. The predicted octanol–water partition coefficient (Wildman–Crippen LogP) is 3.90. The highest BCUT2D eigenvalue weighted by Crippen LogP contribution is 2.35. The Morgan fingerprint density at radius 2 is 1.67 bits per heavy atom. The average Bonchev–Trinajstić information content (AvgIpc) is 2.60. The molecule has 3 rings (SSSR count). The first-order chi connectivity index (χ1) is 8.84. The minimum Gasteiger partial charge on any atom is -0.483 e. The van der Waals surface area contributed by atoms with Crippen LogP contribution in [0.1, 0.15) is 30.3 Å². The van der Waals surface area contributed by atoms with Gasteiger partial charge in [-0.25, -0.2) is 0 Å². The highest BCUT2D eigenvalue weighted by atomic mass is 16.5. The smallest absolute Gasteiger partial charge is 0.147 e. The Labute approximate surface area is 107 Å². The highest BCUT2D eigenvalue weighted by Gasteiger charge is 2.23. The standard InChI is InChI=1S/C16H16O2/c1-12-14-9-5-6-10-15(14)18-16(11-17-12)13-7-3-2-4-8-13/h2-10,12,16H,11H2,1H3. The van der Waals surface area contributed by atoms with Crippen molar-refractivity contribution in [3.63, 3.8) is 0 Å². The summed E-state index contributed by atoms with van der Waals surface area (Å²) >= 11 is 0. The third kappa shape index (κ3) is 2.12. The van der Waals surface area contributed by atoms with Gasteiger partial charge in [0.2, 0.25) is 0 Å². The zero-order valence-corrected chi connectivity index (χ0v) is 10.4. The summed E-state index contributed by atoms with van der Waals surface area (Å²) in [6, 6.07) is 18.3. The molecular weight excluding hydrogens is 224 g/mol. The molecule has 0 spiro atoms. The van der Waals surface area contributed by atoms with Crippen molar-refractivity contribution >= 4 is 0 Å². The van der Waals surface area contributed by atoms with Crippen LogP contribution in [0.4, 0.5) is 0 Å². The predicted molar refractivity (Wildman–Crippen MR) is 70.6 cm³/mol. The molecule has 0 saturated heterocycles. The minimum atomic E-state index is -0.0303. The third-order valence-electron chi connectivity index (χ3n) is 3.30. The van der Waals surface area contributed by atoms with E-state index in [4.69, 9.17) is 9.47 Å². The SMILES string of the molecule is CC1OCC(c2ccccc2)Oc2ccccc21. The van der Waals surface area contributed by atoms with Gasteiger partial charge in [0.15, 0.2) is 0 Å². The van der Waals surface area contributed by atoms with E-state index in [0.717, 1.165) is 16.9 Å². The molecule has 1 aliphatic rings. The number of rotatable bonds is 1. The van der Waals surface area contributed by atoms with Gasteiger partial charge in [-0.15, -0.1) is 0 Å². The Balaban J connectivity index is 1.94. The van der Waals surface area contributed by atoms with Crippen LogP contribution in [0, 0.1) is 0 Å². The van der Waals surface area contributed by atoms with Gasteiger partial charge in [0, 0.05) is 5.56 Å². The highest BCUT2D eigenvalue weighted by molar-refractivity contribution is 5.36. The van der Waals surface area contributed by atoms with Crippen LogP contribution in [0.25, 0.3) is 0 Å². The minimum absolute atomic E-state index is 0.0303. The van der Waals surface area contributed by atoms with Gasteiger partial charge in [-0.3, -0.25) is 0 Å². The number of hydrogen-bond donors (Lipinski definition) is 0. The van der Waals surface area contributed by atoms with E-state index in [-0.39, 0.29) is 12.2 Å². The lowest BCUT2D eigenvalue weighted by atomic mass is 10.1. The van der Waals surface area contributed by atoms with E-state index in [2.05, 4.69) is 25.1 Å². The van der Waals surface area contributed by atoms with Gasteiger partial charge in [-0.2, -0.15) is 0 Å². The van der Waals surface area contributed by atoms with E-state index in [0.29, 0.717) is 6.61 Å². The molecule has 0 radical (unpaired) electrons. The molecule has 0 N–H and O–H groups in total. The molecule has 0 bridgehead atoms. The summed E-state index contributed by atoms with van der Waals surface area (Å²) in [5.41, 5.74) is 2.28. The van der Waals surface area contributed by atoms with E-state index < -0.39 is 0 Å². The number of benzene rings is 2. The summed E-state index contributed by atoms with van der Waals surface area (Å²) in [5, 5.41) is 0. The number of ether oxygens (including phenoxy) is 2. The van der Waals surface area contributed by atoms with Gasteiger partial charge in [-0.1, -0.05) is 48.5 Å². The lowest BCUT2D eigenvalue weighted by Gasteiger charge is -2.16. The van der Waals surface area contributed by atoms with E-state index in [9.17, 15) is 0 Å². The maximum atomic E-state index is 6.09. The third-order valence-corrected chi connectivity index (χ3v) is 3.30. The first-order valence-electron chi connectivity index (χ1n) is 6.27. The van der Waals surface area contributed by atoms with Crippen LogP contribution in [0.2, 0.25) is 0 Å². The van der Waals surface area contributed by atoms with Gasteiger partial charge in [0.1, 0.15) is 11.9 Å². The van der Waals surface area contributed by atoms with Crippen molar-refractivity contribution in [2.24, 2.45) is 0 Å². The lowest BCUT2D eigenvalue weighted by molar-refractivity contribution is 0.0253. The lowest BCUT2D eigenvalue weighted by Crippen LogP contribution is -2.12. The van der Waals surface area contributed by atoms with Crippen LogP contribution in [0.15, 0.2) is 54.6 Å². The van der Waals surface area contributed by atoms with E-state index in [1.807, 2.05) is 36.4 Å². The van der Waals surface area contributed by atoms with Crippen LogP contribution in [0.5, 0.6) is 5.75 Å². The number of hydrogen-bond acceptors (Lipinski definition) is 2. The Bertz CT molecular complexity index is 522. The normalized spacial score (nSPS) is 22.7. The summed E-state index contributed by atoms with van der Waals surface area (Å²) in [4.78, 5) is 0. The molecule has 0 fully saturated rings. The van der Waals surface area contributed by atoms with E-state index in [1.165, 1.54) is 0 Å². The zero-order chi connectivity index (χ0) is 12.4. The molecule has 1 heterocycles. The molecule has 92 valence electrons. The molecule has 0 saturated carbocycles. The largest absolute Gasteiger partial charge is 0.483 e. The molecule has 0 amide bonds. The summed E-state index contributed by atoms with van der Waals surface area (Å²) in [6.45, 7) is 2.65. The number of para-hydroxylation sites is 1. The first kappa shape index (κ1) is 11.3. The summed E-state index contributed by atoms with van der Waals surface area (Å²) in [5.74, 6) is 0.927. The molecule has 0 aromatic heterocycles. The molecule has 18 heavy (non-hydrogen) atoms. The fraction of sp³-hybridized carbons (Fsp3) is 0.250. The van der Waals surface area contributed by atoms with Crippen LogP contribution in [-0.2, 0) is 4.74 Å². The van der Waals surface area contributed by atoms with Gasteiger partial charge in [0.05, 0.1) is 12.7 Å². The van der Waals surface area contributed by atoms with Crippen molar-refractivity contribution in [3.8, 4) is 5.75 Å². The van der Waals surface area contributed by atoms with Crippen molar-refractivity contribution in [2.45, 2.75) is 19.1 Å². The Morgan fingerprint density at radius 1 is 0.944 bits per heavy atom. The molecular formula is C16H16O2. The maximum Gasteiger partial charge on any atom is 0.147 e. The zero-order valence-electron chi connectivity index (χ0n) is 10.4. The quantitative estimate of drug-likeness (QED) is 0.752. The molecule has 2 nitrogen and oxygen atoms in total. The maximum absolute atomic E-state index is 6.09. The second-order valence-corrected chi connectivity index (χ2v) is 4.53. The van der Waals surface area contributed by atoms with Crippen LogP contribution in [-0.4, -0.2) is 6.61 Å². The second-order valence-electron chi connectivity index (χ2n) is 4.53. The first-order valence-corrected chi connectivity index (χ1v) is 6.27. The molecule has 2 heteroatoms. The van der Waals surface area contributed by atoms with Crippen LogP contribution in [0.3, 0.4) is 0 Å². The summed E-state index contributed by atoms with van der Waals surface area (Å²) in [7, 11) is 0. The van der Waals surface area contributed by atoms with E-state index in [1.54, 1.807) is 0 Å². The molecule has 0 aliphatic carbocycles. The molecule has 1 aliphatic heterocycles. The van der Waals surface area contributed by atoms with Crippen LogP contribution < -0.4 is 4.74 Å². The fourth-order valence-electron chi connectivity index (χ4n) is 2.26.